The van der Waals surface area contributed by atoms with Gasteiger partial charge < -0.3 is 9.88 Å². The van der Waals surface area contributed by atoms with Crippen molar-refractivity contribution in [2.45, 2.75) is 11.9 Å². The van der Waals surface area contributed by atoms with Crippen molar-refractivity contribution in [3.8, 4) is 0 Å². The van der Waals surface area contributed by atoms with Crippen molar-refractivity contribution in [1.29, 1.82) is 0 Å². The van der Waals surface area contributed by atoms with E-state index in [1.807, 2.05) is 43.3 Å². The molecule has 8 nitrogen and oxygen atoms in total. The first-order chi connectivity index (χ1) is 13.8. The maximum Gasteiger partial charge on any atom is 0.282 e. The highest BCUT2D eigenvalue weighted by atomic mass is 79.9. The van der Waals surface area contributed by atoms with Crippen molar-refractivity contribution in [2.75, 3.05) is 10.0 Å². The molecule has 0 radical (unpaired) electrons. The summed E-state index contributed by atoms with van der Waals surface area (Å²) in [6.45, 7) is 1.97. The number of anilines is 3. The van der Waals surface area contributed by atoms with Crippen LogP contribution in [-0.2, 0) is 17.1 Å². The second-order valence-corrected chi connectivity index (χ2v) is 8.98. The van der Waals surface area contributed by atoms with Crippen LogP contribution in [0.25, 0.3) is 11.0 Å². The molecule has 0 bridgehead atoms. The summed E-state index contributed by atoms with van der Waals surface area (Å²) in [5.41, 5.74) is 2.99. The first-order valence-corrected chi connectivity index (χ1v) is 10.9. The zero-order valence-corrected chi connectivity index (χ0v) is 18.0. The quantitative estimate of drug-likeness (QED) is 0.455. The van der Waals surface area contributed by atoms with Gasteiger partial charge >= 0.3 is 0 Å². The van der Waals surface area contributed by atoms with Crippen molar-refractivity contribution < 1.29 is 8.42 Å². The van der Waals surface area contributed by atoms with Crippen molar-refractivity contribution in [3.05, 3.63) is 65.0 Å². The lowest BCUT2D eigenvalue weighted by Crippen LogP contribution is -2.16. The first-order valence-electron chi connectivity index (χ1n) is 8.62. The van der Waals surface area contributed by atoms with E-state index in [2.05, 4.69) is 40.9 Å². The van der Waals surface area contributed by atoms with E-state index in [9.17, 15) is 8.42 Å². The molecule has 10 heteroatoms. The van der Waals surface area contributed by atoms with Gasteiger partial charge in [-0.1, -0.05) is 18.2 Å². The van der Waals surface area contributed by atoms with Gasteiger partial charge in [-0.2, -0.15) is 8.42 Å². The molecule has 0 saturated carbocycles. The Morgan fingerprint density at radius 2 is 1.72 bits per heavy atom. The molecule has 2 N–H and O–H groups in total. The van der Waals surface area contributed by atoms with E-state index in [4.69, 9.17) is 0 Å². The SMILES string of the molecule is Cc1ccc(Br)c(Nc2nc3ccccc3nc2NS(=O)(=O)c2cn(C)cn2)c1. The smallest absolute Gasteiger partial charge is 0.282 e. The van der Waals surface area contributed by atoms with E-state index in [-0.39, 0.29) is 16.7 Å². The van der Waals surface area contributed by atoms with Crippen LogP contribution >= 0.6 is 15.9 Å². The standard InChI is InChI=1S/C19H17BrN6O2S/c1-12-7-8-13(20)16(9-12)24-18-19(23-15-6-4-3-5-14(15)22-18)25-29(27,28)17-10-26(2)11-21-17/h3-11H,1-2H3,(H,22,24)(H,23,25). The number of nitrogens with zero attached hydrogens (tertiary/aromatic N) is 4. The minimum absolute atomic E-state index is 0.0859. The number of para-hydroxylation sites is 2. The highest BCUT2D eigenvalue weighted by Gasteiger charge is 2.21. The molecule has 0 saturated heterocycles. The van der Waals surface area contributed by atoms with Crippen LogP contribution in [0.3, 0.4) is 0 Å². The predicted molar refractivity (Wildman–Crippen MR) is 116 cm³/mol. The van der Waals surface area contributed by atoms with Crippen LogP contribution in [0.15, 0.2) is 64.5 Å². The minimum atomic E-state index is -3.93. The lowest BCUT2D eigenvalue weighted by atomic mass is 10.2. The van der Waals surface area contributed by atoms with Gasteiger partial charge in [-0.15, -0.1) is 0 Å². The first kappa shape index (κ1) is 19.3. The number of imidazole rings is 1. The summed E-state index contributed by atoms with van der Waals surface area (Å²) in [4.78, 5) is 13.0. The van der Waals surface area contributed by atoms with Gasteiger partial charge in [-0.05, 0) is 52.7 Å². The lowest BCUT2D eigenvalue weighted by molar-refractivity contribution is 0.598. The zero-order valence-electron chi connectivity index (χ0n) is 15.6. The van der Waals surface area contributed by atoms with Gasteiger partial charge in [0.15, 0.2) is 16.7 Å². The molecule has 0 spiro atoms. The van der Waals surface area contributed by atoms with E-state index in [1.54, 1.807) is 17.7 Å². The van der Waals surface area contributed by atoms with Crippen LogP contribution in [0.1, 0.15) is 5.56 Å². The fourth-order valence-corrected chi connectivity index (χ4v) is 4.07. The normalized spacial score (nSPS) is 11.6. The number of benzene rings is 2. The van der Waals surface area contributed by atoms with Crippen LogP contribution in [0.4, 0.5) is 17.3 Å². The molecule has 2 aromatic heterocycles. The Kier molecular flexibility index (Phi) is 4.97. The van der Waals surface area contributed by atoms with Crippen LogP contribution in [0.5, 0.6) is 0 Å². The summed E-state index contributed by atoms with van der Waals surface area (Å²) in [7, 11) is -2.23. The molecule has 4 rings (SSSR count). The van der Waals surface area contributed by atoms with Gasteiger partial charge in [0.1, 0.15) is 0 Å². The molecule has 0 fully saturated rings. The monoisotopic (exact) mass is 472 g/mol. The summed E-state index contributed by atoms with van der Waals surface area (Å²) in [5.74, 6) is 0.372. The second-order valence-electron chi connectivity index (χ2n) is 6.50. The number of aryl methyl sites for hydroxylation is 2. The average molecular weight is 473 g/mol. The Labute approximate surface area is 176 Å². The van der Waals surface area contributed by atoms with Crippen molar-refractivity contribution in [1.82, 2.24) is 19.5 Å². The van der Waals surface area contributed by atoms with Crippen LogP contribution in [0.2, 0.25) is 0 Å². The largest absolute Gasteiger partial charge is 0.339 e. The lowest BCUT2D eigenvalue weighted by Gasteiger charge is -2.14. The molecule has 2 heterocycles. The van der Waals surface area contributed by atoms with E-state index >= 15 is 0 Å². The third-order valence-electron chi connectivity index (χ3n) is 4.13. The van der Waals surface area contributed by atoms with E-state index in [0.29, 0.717) is 11.0 Å². The topological polar surface area (TPSA) is 102 Å². The molecule has 4 aromatic rings. The second kappa shape index (κ2) is 7.45. The minimum Gasteiger partial charge on any atom is -0.339 e. The molecule has 0 unspecified atom stereocenters. The number of aromatic nitrogens is 4. The third kappa shape index (κ3) is 4.08. The fraction of sp³-hybridized carbons (Fsp3) is 0.105. The Morgan fingerprint density at radius 3 is 2.38 bits per heavy atom. The average Bonchev–Trinajstić information content (AvgIpc) is 3.12. The molecule has 29 heavy (non-hydrogen) atoms. The molecule has 0 aliphatic heterocycles. The van der Waals surface area contributed by atoms with E-state index < -0.39 is 10.0 Å². The Morgan fingerprint density at radius 1 is 1.03 bits per heavy atom. The van der Waals surface area contributed by atoms with Crippen LogP contribution in [0, 0.1) is 6.92 Å². The van der Waals surface area contributed by atoms with Crippen LogP contribution < -0.4 is 10.0 Å². The van der Waals surface area contributed by atoms with Crippen molar-refractivity contribution in [2.24, 2.45) is 7.05 Å². The molecule has 2 aromatic carbocycles. The van der Waals surface area contributed by atoms with E-state index in [0.717, 1.165) is 15.7 Å². The summed E-state index contributed by atoms with van der Waals surface area (Å²) in [6.07, 6.45) is 2.84. The number of sulfonamides is 1. The Hall–Kier alpha value is -2.98. The van der Waals surface area contributed by atoms with Gasteiger partial charge in [0.05, 0.1) is 23.0 Å². The molecule has 0 aliphatic rings. The highest BCUT2D eigenvalue weighted by Crippen LogP contribution is 2.31. The maximum absolute atomic E-state index is 12.8. The third-order valence-corrected chi connectivity index (χ3v) is 6.05. The highest BCUT2D eigenvalue weighted by molar-refractivity contribution is 9.10. The van der Waals surface area contributed by atoms with Gasteiger partial charge in [-0.25, -0.2) is 15.0 Å². The Balaban J connectivity index is 1.81. The summed E-state index contributed by atoms with van der Waals surface area (Å²) in [6, 6.07) is 13.1. The number of fused-ring (bicyclic) bond motifs is 1. The number of halogens is 1. The zero-order chi connectivity index (χ0) is 20.6. The fourth-order valence-electron chi connectivity index (χ4n) is 2.73. The summed E-state index contributed by atoms with van der Waals surface area (Å²) < 4.78 is 30.5. The molecule has 0 atom stereocenters. The molecular formula is C19H17BrN6O2S. The number of nitrogens with one attached hydrogen (secondary N) is 2. The summed E-state index contributed by atoms with van der Waals surface area (Å²) in [5, 5.41) is 3.08. The molecule has 0 amide bonds. The van der Waals surface area contributed by atoms with Gasteiger partial charge in [0.2, 0.25) is 0 Å². The van der Waals surface area contributed by atoms with Gasteiger partial charge in [-0.3, -0.25) is 4.72 Å². The van der Waals surface area contributed by atoms with Crippen molar-refractivity contribution >= 4 is 54.3 Å². The molecule has 148 valence electrons. The summed E-state index contributed by atoms with van der Waals surface area (Å²) >= 11 is 3.50. The molecule has 0 aliphatic carbocycles. The predicted octanol–water partition coefficient (Wildman–Crippen LogP) is 3.98. The van der Waals surface area contributed by atoms with Gasteiger partial charge in [0.25, 0.3) is 10.0 Å². The van der Waals surface area contributed by atoms with Gasteiger partial charge in [0, 0.05) is 17.7 Å². The number of hydrogen-bond donors (Lipinski definition) is 2. The van der Waals surface area contributed by atoms with Crippen LogP contribution in [-0.4, -0.2) is 27.9 Å². The maximum atomic E-state index is 12.8. The number of hydrogen-bond acceptors (Lipinski definition) is 6. The van der Waals surface area contributed by atoms with E-state index in [1.165, 1.54) is 12.5 Å². The van der Waals surface area contributed by atoms with Crippen molar-refractivity contribution in [3.63, 3.8) is 0 Å². The number of rotatable bonds is 5. The Bertz CT molecular complexity index is 1320. The molecular weight excluding hydrogens is 456 g/mol.